The number of hydrogen-bond donors (Lipinski definition) is 1. The summed E-state index contributed by atoms with van der Waals surface area (Å²) < 4.78 is 0. The number of carbonyl (C=O) groups is 2. The summed E-state index contributed by atoms with van der Waals surface area (Å²) in [5.74, 6) is -0.227. The van der Waals surface area contributed by atoms with Crippen molar-refractivity contribution in [3.05, 3.63) is 82.9 Å². The number of para-hydroxylation sites is 1. The van der Waals surface area contributed by atoms with Crippen molar-refractivity contribution in [2.75, 3.05) is 4.90 Å². The van der Waals surface area contributed by atoms with Crippen LogP contribution in [0.3, 0.4) is 0 Å². The summed E-state index contributed by atoms with van der Waals surface area (Å²) in [7, 11) is 0. The highest BCUT2D eigenvalue weighted by atomic mass is 32.1. The Hall–Kier alpha value is -3.25. The molecule has 0 saturated heterocycles. The van der Waals surface area contributed by atoms with Crippen LogP contribution in [0.4, 0.5) is 10.8 Å². The number of nitrogens with zero attached hydrogens (tertiary/aromatic N) is 2. The van der Waals surface area contributed by atoms with Crippen molar-refractivity contribution in [1.29, 1.82) is 0 Å². The summed E-state index contributed by atoms with van der Waals surface area (Å²) in [4.78, 5) is 31.1. The minimum atomic E-state index is -0.180. The third kappa shape index (κ3) is 4.78. The number of amides is 2. The van der Waals surface area contributed by atoms with E-state index in [1.807, 2.05) is 54.8 Å². The first-order chi connectivity index (χ1) is 14.1. The van der Waals surface area contributed by atoms with Crippen LogP contribution >= 0.6 is 11.3 Å². The Balaban J connectivity index is 1.51. The number of rotatable bonds is 6. The number of anilines is 2. The molecule has 1 heterocycles. The van der Waals surface area contributed by atoms with E-state index in [1.54, 1.807) is 23.1 Å². The molecule has 6 heteroatoms. The Morgan fingerprint density at radius 1 is 1.10 bits per heavy atom. The molecule has 0 radical (unpaired) electrons. The van der Waals surface area contributed by atoms with E-state index in [9.17, 15) is 9.59 Å². The lowest BCUT2D eigenvalue weighted by atomic mass is 10.1. The lowest BCUT2D eigenvalue weighted by molar-refractivity contribution is -0.113. The molecule has 0 bridgehead atoms. The fourth-order valence-corrected chi connectivity index (χ4v) is 3.66. The number of thiazole rings is 1. The second kappa shape index (κ2) is 8.41. The fraction of sp³-hybridized carbons (Fsp3) is 0.174. The maximum atomic E-state index is 13.0. The zero-order chi connectivity index (χ0) is 20.2. The Kier molecular flexibility index (Phi) is 5.53. The number of nitrogens with one attached hydrogen (secondary N) is 1. The van der Waals surface area contributed by atoms with Crippen molar-refractivity contribution < 1.29 is 9.59 Å². The molecule has 29 heavy (non-hydrogen) atoms. The predicted molar refractivity (Wildman–Crippen MR) is 116 cm³/mol. The van der Waals surface area contributed by atoms with E-state index in [0.29, 0.717) is 16.7 Å². The minimum Gasteiger partial charge on any atom is -0.349 e. The first kappa shape index (κ1) is 19.1. The number of hydrogen-bond acceptors (Lipinski definition) is 4. The Bertz CT molecular complexity index is 1040. The minimum absolute atomic E-state index is 0.0477. The summed E-state index contributed by atoms with van der Waals surface area (Å²) in [6.45, 7) is 1.91. The molecule has 5 nitrogen and oxygen atoms in total. The zero-order valence-electron chi connectivity index (χ0n) is 16.0. The summed E-state index contributed by atoms with van der Waals surface area (Å²) in [5, 5.41) is 5.53. The van der Waals surface area contributed by atoms with Gasteiger partial charge in [-0.05, 0) is 55.7 Å². The molecule has 1 aromatic heterocycles. The number of carbonyl (C=O) groups excluding carboxylic acids is 2. The molecule has 1 saturated carbocycles. The van der Waals surface area contributed by atoms with Gasteiger partial charge in [-0.1, -0.05) is 30.3 Å². The molecule has 0 aliphatic heterocycles. The third-order valence-electron chi connectivity index (χ3n) is 4.54. The quantitative estimate of drug-likeness (QED) is 0.606. The van der Waals surface area contributed by atoms with Gasteiger partial charge >= 0.3 is 0 Å². The lowest BCUT2D eigenvalue weighted by Crippen LogP contribution is -2.25. The molecule has 4 rings (SSSR count). The van der Waals surface area contributed by atoms with Gasteiger partial charge < -0.3 is 5.32 Å². The highest BCUT2D eigenvalue weighted by Gasteiger charge is 2.23. The molecule has 1 fully saturated rings. The molecule has 0 unspecified atom stereocenters. The molecule has 2 amide bonds. The van der Waals surface area contributed by atoms with Gasteiger partial charge in [-0.25, -0.2) is 4.98 Å². The molecule has 0 spiro atoms. The van der Waals surface area contributed by atoms with Gasteiger partial charge in [-0.3, -0.25) is 14.5 Å². The van der Waals surface area contributed by atoms with Crippen LogP contribution in [-0.4, -0.2) is 22.8 Å². The smallest absolute Gasteiger partial charge is 0.257 e. The SMILES string of the molecule is Cc1csc(N(C(=O)C=Cc2ccc(C(=O)NC3CC3)cc2)c2ccccc2)n1. The average molecular weight is 404 g/mol. The largest absolute Gasteiger partial charge is 0.349 e. The Morgan fingerprint density at radius 3 is 2.45 bits per heavy atom. The summed E-state index contributed by atoms with van der Waals surface area (Å²) in [5.41, 5.74) is 3.13. The van der Waals surface area contributed by atoms with E-state index in [2.05, 4.69) is 10.3 Å². The average Bonchev–Trinajstić information content (AvgIpc) is 3.46. The van der Waals surface area contributed by atoms with Crippen LogP contribution in [0.25, 0.3) is 6.08 Å². The monoisotopic (exact) mass is 403 g/mol. The fourth-order valence-electron chi connectivity index (χ4n) is 2.84. The predicted octanol–water partition coefficient (Wildman–Crippen LogP) is 4.72. The van der Waals surface area contributed by atoms with Crippen molar-refractivity contribution >= 4 is 40.0 Å². The Morgan fingerprint density at radius 2 is 1.83 bits per heavy atom. The van der Waals surface area contributed by atoms with Gasteiger partial charge in [0.1, 0.15) is 0 Å². The van der Waals surface area contributed by atoms with Crippen molar-refractivity contribution in [2.45, 2.75) is 25.8 Å². The van der Waals surface area contributed by atoms with Crippen LogP contribution in [0.5, 0.6) is 0 Å². The van der Waals surface area contributed by atoms with E-state index >= 15 is 0 Å². The van der Waals surface area contributed by atoms with Gasteiger partial charge in [0.25, 0.3) is 11.8 Å². The van der Waals surface area contributed by atoms with Crippen LogP contribution in [0.15, 0.2) is 66.1 Å². The molecule has 146 valence electrons. The van der Waals surface area contributed by atoms with E-state index in [4.69, 9.17) is 0 Å². The van der Waals surface area contributed by atoms with E-state index in [-0.39, 0.29) is 11.8 Å². The second-order valence-electron chi connectivity index (χ2n) is 6.98. The van der Waals surface area contributed by atoms with Crippen molar-refractivity contribution in [3.8, 4) is 0 Å². The zero-order valence-corrected chi connectivity index (χ0v) is 16.9. The van der Waals surface area contributed by atoms with E-state index in [1.165, 1.54) is 17.4 Å². The molecule has 0 atom stereocenters. The molecular formula is C23H21N3O2S. The topological polar surface area (TPSA) is 62.3 Å². The second-order valence-corrected chi connectivity index (χ2v) is 7.82. The van der Waals surface area contributed by atoms with Crippen LogP contribution < -0.4 is 10.2 Å². The highest BCUT2D eigenvalue weighted by molar-refractivity contribution is 7.14. The summed E-state index contributed by atoms with van der Waals surface area (Å²) in [6, 6.07) is 17.0. The number of aromatic nitrogens is 1. The molecule has 1 N–H and O–H groups in total. The van der Waals surface area contributed by atoms with E-state index in [0.717, 1.165) is 29.8 Å². The standard InChI is InChI=1S/C23H21N3O2S/c1-16-15-29-23(24-16)26(20-5-3-2-4-6-20)21(27)14-9-17-7-10-18(11-8-17)22(28)25-19-12-13-19/h2-11,14-15,19H,12-13H2,1H3,(H,25,28). The first-order valence-corrected chi connectivity index (χ1v) is 10.4. The molecule has 1 aliphatic rings. The van der Waals surface area contributed by atoms with Crippen molar-refractivity contribution in [3.63, 3.8) is 0 Å². The first-order valence-electron chi connectivity index (χ1n) is 9.50. The lowest BCUT2D eigenvalue weighted by Gasteiger charge is -2.18. The van der Waals surface area contributed by atoms with Gasteiger partial charge in [-0.15, -0.1) is 11.3 Å². The van der Waals surface area contributed by atoms with Crippen LogP contribution in [-0.2, 0) is 4.79 Å². The van der Waals surface area contributed by atoms with Crippen LogP contribution in [0.1, 0.15) is 34.5 Å². The van der Waals surface area contributed by atoms with E-state index < -0.39 is 0 Å². The van der Waals surface area contributed by atoms with Gasteiger partial charge in [0, 0.05) is 23.1 Å². The summed E-state index contributed by atoms with van der Waals surface area (Å²) >= 11 is 1.43. The Labute approximate surface area is 173 Å². The van der Waals surface area contributed by atoms with Gasteiger partial charge in [0.05, 0.1) is 11.4 Å². The molecule has 3 aromatic rings. The molecule has 1 aliphatic carbocycles. The number of benzene rings is 2. The maximum Gasteiger partial charge on any atom is 0.257 e. The third-order valence-corrected chi connectivity index (χ3v) is 5.48. The van der Waals surface area contributed by atoms with Crippen LogP contribution in [0, 0.1) is 6.92 Å². The van der Waals surface area contributed by atoms with Crippen molar-refractivity contribution in [2.24, 2.45) is 0 Å². The van der Waals surface area contributed by atoms with Gasteiger partial charge in [0.2, 0.25) is 0 Å². The highest BCUT2D eigenvalue weighted by Crippen LogP contribution is 2.29. The van der Waals surface area contributed by atoms with Crippen LogP contribution in [0.2, 0.25) is 0 Å². The normalized spacial score (nSPS) is 13.4. The molecule has 2 aromatic carbocycles. The maximum absolute atomic E-state index is 13.0. The summed E-state index contributed by atoms with van der Waals surface area (Å²) in [6.07, 6.45) is 5.40. The van der Waals surface area contributed by atoms with Gasteiger partial charge in [-0.2, -0.15) is 0 Å². The molecular weight excluding hydrogens is 382 g/mol. The van der Waals surface area contributed by atoms with Gasteiger partial charge in [0.15, 0.2) is 5.13 Å². The van der Waals surface area contributed by atoms with Crippen molar-refractivity contribution in [1.82, 2.24) is 10.3 Å². The number of aryl methyl sites for hydroxylation is 1.